The monoisotopic (exact) mass is 551 g/mol. The molecule has 4 heterocycles. The fourth-order valence-electron chi connectivity index (χ4n) is 6.78. The van der Waals surface area contributed by atoms with Crippen LogP contribution in [0.5, 0.6) is 11.5 Å². The average molecular weight is 552 g/mol. The van der Waals surface area contributed by atoms with E-state index in [0.29, 0.717) is 29.7 Å². The number of ether oxygens (including phenoxy) is 2. The van der Waals surface area contributed by atoms with E-state index in [1.54, 1.807) is 0 Å². The van der Waals surface area contributed by atoms with E-state index in [4.69, 9.17) is 18.9 Å². The van der Waals surface area contributed by atoms with Gasteiger partial charge < -0.3 is 24.1 Å². The number of benzene rings is 2. The van der Waals surface area contributed by atoms with Crippen LogP contribution in [-0.4, -0.2) is 41.1 Å². The van der Waals surface area contributed by atoms with Crippen LogP contribution in [0.3, 0.4) is 0 Å². The number of anilines is 2. The van der Waals surface area contributed by atoms with Gasteiger partial charge >= 0.3 is 0 Å². The van der Waals surface area contributed by atoms with Gasteiger partial charge in [-0.3, -0.25) is 0 Å². The third kappa shape index (κ3) is 5.73. The highest BCUT2D eigenvalue weighted by Crippen LogP contribution is 2.38. The Morgan fingerprint density at radius 1 is 0.854 bits per heavy atom. The van der Waals surface area contributed by atoms with Gasteiger partial charge in [0.15, 0.2) is 11.5 Å². The smallest absolute Gasteiger partial charge is 0.247 e. The van der Waals surface area contributed by atoms with Gasteiger partial charge in [-0.2, -0.15) is 0 Å². The third-order valence-electron chi connectivity index (χ3n) is 8.87. The summed E-state index contributed by atoms with van der Waals surface area (Å²) in [6.07, 6.45) is 10.8. The number of rotatable bonds is 7. The van der Waals surface area contributed by atoms with Gasteiger partial charge in [-0.25, -0.2) is 4.98 Å². The normalized spacial score (nSPS) is 22.1. The maximum atomic E-state index is 5.60. The molecule has 2 aliphatic heterocycles. The number of hydrogen-bond donors (Lipinski definition) is 1. The van der Waals surface area contributed by atoms with Gasteiger partial charge in [0.25, 0.3) is 0 Å². The Bertz CT molecular complexity index is 1490. The number of aromatic nitrogens is 3. The van der Waals surface area contributed by atoms with Crippen molar-refractivity contribution >= 4 is 11.5 Å². The van der Waals surface area contributed by atoms with E-state index in [1.165, 1.54) is 50.6 Å². The minimum Gasteiger partial charge on any atom is -0.454 e. The lowest BCUT2D eigenvalue weighted by molar-refractivity contribution is 0.174. The lowest BCUT2D eigenvalue weighted by atomic mass is 9.77. The van der Waals surface area contributed by atoms with Crippen LogP contribution in [-0.2, 0) is 0 Å². The number of hydrogen-bond acceptors (Lipinski definition) is 8. The Labute approximate surface area is 241 Å². The molecule has 2 aromatic heterocycles. The first-order chi connectivity index (χ1) is 20.2. The number of aryl methyl sites for hydroxylation is 1. The minimum absolute atomic E-state index is 0.289. The number of piperidine rings is 1. The van der Waals surface area contributed by atoms with Crippen LogP contribution in [0.15, 0.2) is 65.2 Å². The molecular formula is C33H37N5O3. The van der Waals surface area contributed by atoms with E-state index < -0.39 is 0 Å². The maximum Gasteiger partial charge on any atom is 0.247 e. The molecule has 8 nitrogen and oxygen atoms in total. The molecular weight excluding hydrogens is 514 g/mol. The summed E-state index contributed by atoms with van der Waals surface area (Å²) in [6.45, 7) is 4.33. The largest absolute Gasteiger partial charge is 0.454 e. The highest BCUT2D eigenvalue weighted by atomic mass is 16.7. The van der Waals surface area contributed by atoms with Crippen molar-refractivity contribution in [3.05, 3.63) is 66.7 Å². The molecule has 1 saturated heterocycles. The Kier molecular flexibility index (Phi) is 7.21. The van der Waals surface area contributed by atoms with Crippen molar-refractivity contribution < 1.29 is 13.9 Å². The van der Waals surface area contributed by atoms with Crippen molar-refractivity contribution in [3.8, 4) is 34.1 Å². The Morgan fingerprint density at radius 3 is 2.56 bits per heavy atom. The predicted octanol–water partition coefficient (Wildman–Crippen LogP) is 7.11. The topological polar surface area (TPSA) is 85.5 Å². The molecule has 1 unspecified atom stereocenters. The molecule has 1 N–H and O–H groups in total. The molecule has 0 spiro atoms. The van der Waals surface area contributed by atoms with Crippen molar-refractivity contribution in [2.24, 2.45) is 11.8 Å². The van der Waals surface area contributed by atoms with Crippen LogP contribution in [0.1, 0.15) is 50.8 Å². The van der Waals surface area contributed by atoms with Crippen molar-refractivity contribution in [2.45, 2.75) is 57.9 Å². The van der Waals surface area contributed by atoms with E-state index in [1.807, 2.05) is 19.2 Å². The van der Waals surface area contributed by atoms with Gasteiger partial charge in [-0.1, -0.05) is 18.9 Å². The van der Waals surface area contributed by atoms with Crippen LogP contribution in [0, 0.1) is 18.8 Å². The van der Waals surface area contributed by atoms with Gasteiger partial charge in [0.05, 0.1) is 0 Å². The van der Waals surface area contributed by atoms with Crippen molar-refractivity contribution in [1.82, 2.24) is 15.2 Å². The molecule has 2 fully saturated rings. The highest BCUT2D eigenvalue weighted by molar-refractivity contribution is 5.69. The van der Waals surface area contributed by atoms with Gasteiger partial charge in [-0.15, -0.1) is 10.2 Å². The molecule has 41 heavy (non-hydrogen) atoms. The molecule has 1 saturated carbocycles. The third-order valence-corrected chi connectivity index (χ3v) is 8.87. The van der Waals surface area contributed by atoms with E-state index in [0.717, 1.165) is 47.1 Å². The van der Waals surface area contributed by atoms with Crippen molar-refractivity contribution in [1.29, 1.82) is 0 Å². The zero-order chi connectivity index (χ0) is 27.6. The molecule has 0 bridgehead atoms. The highest BCUT2D eigenvalue weighted by Gasteiger charge is 2.30. The maximum absolute atomic E-state index is 5.60. The molecule has 8 heteroatoms. The summed E-state index contributed by atoms with van der Waals surface area (Å²) in [4.78, 5) is 7.26. The SMILES string of the molecule is Cc1nnc(-c2ccc(N3CCCC(C[C@@H]4CCCC[C@H]4Nc4cc(-c5ccc6c(c5)OCO6)ccn4)C3)cc2)o1. The lowest BCUT2D eigenvalue weighted by Gasteiger charge is -2.39. The summed E-state index contributed by atoms with van der Waals surface area (Å²) in [5.74, 6) is 5.10. The average Bonchev–Trinajstić information content (AvgIpc) is 3.67. The molecule has 3 atom stereocenters. The Morgan fingerprint density at radius 2 is 1.68 bits per heavy atom. The number of pyridine rings is 1. The summed E-state index contributed by atoms with van der Waals surface area (Å²) >= 11 is 0. The van der Waals surface area contributed by atoms with Gasteiger partial charge in [0.1, 0.15) is 5.82 Å². The molecule has 2 aromatic carbocycles. The minimum atomic E-state index is 0.289. The van der Waals surface area contributed by atoms with Crippen LogP contribution in [0.2, 0.25) is 0 Å². The summed E-state index contributed by atoms with van der Waals surface area (Å²) in [5.41, 5.74) is 4.49. The number of nitrogens with zero attached hydrogens (tertiary/aromatic N) is 4. The van der Waals surface area contributed by atoms with Crippen molar-refractivity contribution in [2.75, 3.05) is 30.1 Å². The second kappa shape index (κ2) is 11.4. The van der Waals surface area contributed by atoms with Crippen LogP contribution in [0.25, 0.3) is 22.6 Å². The van der Waals surface area contributed by atoms with Crippen LogP contribution >= 0.6 is 0 Å². The first-order valence-corrected chi connectivity index (χ1v) is 15.0. The zero-order valence-electron chi connectivity index (χ0n) is 23.6. The lowest BCUT2D eigenvalue weighted by Crippen LogP contribution is -2.39. The standard InChI is InChI=1S/C33H37N5O3/c1-22-36-37-33(41-22)24-8-11-28(12-9-24)38-16-4-5-23(20-38)17-27-6-2-3-7-29(27)35-32-19-26(14-15-34-32)25-10-13-30-31(18-25)40-21-39-30/h8-15,18-19,23,27,29H,2-7,16-17,20-21H2,1H3,(H,34,35)/t23?,27-,29+/m0/s1. The second-order valence-electron chi connectivity index (χ2n) is 11.7. The molecule has 3 aliphatic rings. The van der Waals surface area contributed by atoms with E-state index in [9.17, 15) is 0 Å². The summed E-state index contributed by atoms with van der Waals surface area (Å²) in [7, 11) is 0. The molecule has 1 aliphatic carbocycles. The molecule has 0 radical (unpaired) electrons. The van der Waals surface area contributed by atoms with E-state index in [-0.39, 0.29) is 6.79 Å². The fraction of sp³-hybridized carbons (Fsp3) is 0.424. The number of fused-ring (bicyclic) bond motifs is 1. The summed E-state index contributed by atoms with van der Waals surface area (Å²) in [6, 6.07) is 19.4. The quantitative estimate of drug-likeness (QED) is 0.260. The van der Waals surface area contributed by atoms with Gasteiger partial charge in [-0.05, 0) is 104 Å². The summed E-state index contributed by atoms with van der Waals surface area (Å²) < 4.78 is 16.7. The Balaban J connectivity index is 1.00. The van der Waals surface area contributed by atoms with E-state index >= 15 is 0 Å². The molecule has 212 valence electrons. The first kappa shape index (κ1) is 25.9. The van der Waals surface area contributed by atoms with E-state index in [2.05, 4.69) is 68.9 Å². The van der Waals surface area contributed by atoms with Crippen LogP contribution < -0.4 is 19.7 Å². The molecule has 0 amide bonds. The molecule has 7 rings (SSSR count). The first-order valence-electron chi connectivity index (χ1n) is 15.0. The number of nitrogens with one attached hydrogen (secondary N) is 1. The van der Waals surface area contributed by atoms with Crippen molar-refractivity contribution in [3.63, 3.8) is 0 Å². The zero-order valence-corrected chi connectivity index (χ0v) is 23.6. The second-order valence-corrected chi connectivity index (χ2v) is 11.7. The summed E-state index contributed by atoms with van der Waals surface area (Å²) in [5, 5.41) is 12.0. The fourth-order valence-corrected chi connectivity index (χ4v) is 6.78. The van der Waals surface area contributed by atoms with Crippen LogP contribution in [0.4, 0.5) is 11.5 Å². The van der Waals surface area contributed by atoms with Gasteiger partial charge in [0.2, 0.25) is 18.6 Å². The molecule has 4 aromatic rings. The van der Waals surface area contributed by atoms with Gasteiger partial charge in [0, 0.05) is 43.5 Å². The predicted molar refractivity (Wildman–Crippen MR) is 159 cm³/mol. The Hall–Kier alpha value is -4.07.